The quantitative estimate of drug-likeness (QED) is 0.447. The maximum absolute atomic E-state index is 11.2. The van der Waals surface area contributed by atoms with Crippen LogP contribution in [0.1, 0.15) is 6.92 Å². The van der Waals surface area contributed by atoms with Crippen LogP contribution in [-0.2, 0) is 4.79 Å². The Morgan fingerprint density at radius 3 is 1.82 bits per heavy atom. The van der Waals surface area contributed by atoms with Crippen LogP contribution in [0.5, 0.6) is 0 Å². The molecule has 0 aliphatic rings. The van der Waals surface area contributed by atoms with E-state index in [1.807, 2.05) is 7.05 Å². The van der Waals surface area contributed by atoms with E-state index in [1.54, 1.807) is 21.0 Å². The summed E-state index contributed by atoms with van der Waals surface area (Å²) in [6.45, 7) is 2.14. The number of carbonyl (C=O) groups is 1. The van der Waals surface area contributed by atoms with Crippen LogP contribution in [0, 0.1) is 0 Å². The molecule has 11 heavy (non-hydrogen) atoms. The number of Topliss-reactive ketones (excluding diaryl/α,β-unsaturated/α-hetero) is 1. The summed E-state index contributed by atoms with van der Waals surface area (Å²) in [6.07, 6.45) is 0. The van der Waals surface area contributed by atoms with Crippen LogP contribution in [0.2, 0.25) is 0 Å². The molecule has 0 saturated carbocycles. The fourth-order valence-corrected chi connectivity index (χ4v) is 1.04. The molecule has 0 heterocycles. The molecule has 0 fully saturated rings. The van der Waals surface area contributed by atoms with E-state index in [0.717, 1.165) is 0 Å². The Labute approximate surface area is 67.7 Å². The minimum absolute atomic E-state index is 0.0804. The summed E-state index contributed by atoms with van der Waals surface area (Å²) >= 11 is 0. The molecule has 0 aromatic heterocycles. The number of nitrogens with one attached hydrogen (secondary N) is 3. The summed E-state index contributed by atoms with van der Waals surface area (Å²) in [5.74, 6) is 0.0804. The van der Waals surface area contributed by atoms with E-state index in [0.29, 0.717) is 6.54 Å². The van der Waals surface area contributed by atoms with E-state index in [4.69, 9.17) is 0 Å². The monoisotopic (exact) mass is 159 g/mol. The van der Waals surface area contributed by atoms with Gasteiger partial charge in [-0.25, -0.2) is 0 Å². The first-order valence-electron chi connectivity index (χ1n) is 3.66. The molecule has 0 aliphatic carbocycles. The van der Waals surface area contributed by atoms with Gasteiger partial charge in [0.15, 0.2) is 5.78 Å². The molecule has 4 heteroatoms. The predicted octanol–water partition coefficient (Wildman–Crippen LogP) is -1.07. The third-order valence-corrected chi connectivity index (χ3v) is 1.90. The van der Waals surface area contributed by atoms with Crippen molar-refractivity contribution in [2.75, 3.05) is 27.7 Å². The molecule has 66 valence electrons. The minimum Gasteiger partial charge on any atom is -0.316 e. The molecule has 3 N–H and O–H groups in total. The molecule has 0 radical (unpaired) electrons. The summed E-state index contributed by atoms with van der Waals surface area (Å²) in [7, 11) is 5.33. The van der Waals surface area contributed by atoms with Gasteiger partial charge in [-0.05, 0) is 28.1 Å². The van der Waals surface area contributed by atoms with Crippen molar-refractivity contribution in [1.82, 2.24) is 16.0 Å². The van der Waals surface area contributed by atoms with Crippen LogP contribution in [-0.4, -0.2) is 39.1 Å². The zero-order valence-corrected chi connectivity index (χ0v) is 7.62. The second-order valence-electron chi connectivity index (χ2n) is 2.49. The van der Waals surface area contributed by atoms with Gasteiger partial charge in [0.1, 0.15) is 5.66 Å². The van der Waals surface area contributed by atoms with E-state index < -0.39 is 5.66 Å². The summed E-state index contributed by atoms with van der Waals surface area (Å²) in [5.41, 5.74) is -0.616. The van der Waals surface area contributed by atoms with Crippen LogP contribution in [0.4, 0.5) is 0 Å². The lowest BCUT2D eigenvalue weighted by Crippen LogP contribution is -2.64. The Morgan fingerprint density at radius 2 is 1.73 bits per heavy atom. The normalized spacial score (nSPS) is 11.6. The Hall–Kier alpha value is -0.450. The smallest absolute Gasteiger partial charge is 0.165 e. The standard InChI is InChI=1S/C7H17N3O/c1-6(11)7(9-3,10-4)5-8-2/h8-10H,5H2,1-4H3. The number of hydrogen-bond donors (Lipinski definition) is 3. The lowest BCUT2D eigenvalue weighted by Gasteiger charge is -2.30. The number of carbonyl (C=O) groups excluding carboxylic acids is 1. The Balaban J connectivity index is 4.32. The van der Waals surface area contributed by atoms with Crippen molar-refractivity contribution in [2.24, 2.45) is 0 Å². The number of rotatable bonds is 5. The van der Waals surface area contributed by atoms with Crippen molar-refractivity contribution in [3.63, 3.8) is 0 Å². The van der Waals surface area contributed by atoms with Crippen molar-refractivity contribution in [1.29, 1.82) is 0 Å². The highest BCUT2D eigenvalue weighted by Gasteiger charge is 2.30. The summed E-state index contributed by atoms with van der Waals surface area (Å²) in [4.78, 5) is 11.2. The third kappa shape index (κ3) is 2.25. The van der Waals surface area contributed by atoms with Crippen molar-refractivity contribution in [2.45, 2.75) is 12.6 Å². The highest BCUT2D eigenvalue weighted by atomic mass is 16.1. The molecule has 4 nitrogen and oxygen atoms in total. The SMILES string of the molecule is CNCC(NC)(NC)C(C)=O. The maximum atomic E-state index is 11.2. The van der Waals surface area contributed by atoms with Gasteiger partial charge in [-0.1, -0.05) is 0 Å². The van der Waals surface area contributed by atoms with Gasteiger partial charge in [-0.3, -0.25) is 15.4 Å². The molecule has 0 rings (SSSR count). The molecule has 0 bridgehead atoms. The molecular formula is C7H17N3O. The topological polar surface area (TPSA) is 53.2 Å². The van der Waals surface area contributed by atoms with Gasteiger partial charge in [0.2, 0.25) is 0 Å². The Morgan fingerprint density at radius 1 is 1.27 bits per heavy atom. The summed E-state index contributed by atoms with van der Waals surface area (Å²) in [5, 5.41) is 8.83. The van der Waals surface area contributed by atoms with Crippen molar-refractivity contribution < 1.29 is 4.79 Å². The zero-order valence-electron chi connectivity index (χ0n) is 7.62. The number of likely N-dealkylation sites (N-methyl/N-ethyl adjacent to an activating group) is 3. The molecule has 0 amide bonds. The fourth-order valence-electron chi connectivity index (χ4n) is 1.04. The third-order valence-electron chi connectivity index (χ3n) is 1.90. The average Bonchev–Trinajstić information content (AvgIpc) is 2.00. The second-order valence-corrected chi connectivity index (χ2v) is 2.49. The minimum atomic E-state index is -0.616. The molecule has 0 atom stereocenters. The lowest BCUT2D eigenvalue weighted by molar-refractivity contribution is -0.124. The molecule has 0 aromatic rings. The lowest BCUT2D eigenvalue weighted by atomic mass is 10.1. The molecule has 0 saturated heterocycles. The van der Waals surface area contributed by atoms with Gasteiger partial charge in [-0.2, -0.15) is 0 Å². The fraction of sp³-hybridized carbons (Fsp3) is 0.857. The van der Waals surface area contributed by atoms with E-state index in [9.17, 15) is 4.79 Å². The molecule has 0 aromatic carbocycles. The van der Waals surface area contributed by atoms with Gasteiger partial charge in [0, 0.05) is 6.54 Å². The predicted molar refractivity (Wildman–Crippen MR) is 45.5 cm³/mol. The maximum Gasteiger partial charge on any atom is 0.165 e. The summed E-state index contributed by atoms with van der Waals surface area (Å²) < 4.78 is 0. The van der Waals surface area contributed by atoms with Gasteiger partial charge < -0.3 is 5.32 Å². The highest BCUT2D eigenvalue weighted by molar-refractivity contribution is 5.85. The largest absolute Gasteiger partial charge is 0.316 e. The van der Waals surface area contributed by atoms with Crippen LogP contribution in [0.3, 0.4) is 0 Å². The first-order chi connectivity index (χ1) is 5.13. The van der Waals surface area contributed by atoms with E-state index in [2.05, 4.69) is 16.0 Å². The number of ketones is 1. The molecular weight excluding hydrogens is 142 g/mol. The first-order valence-corrected chi connectivity index (χ1v) is 3.66. The van der Waals surface area contributed by atoms with E-state index in [1.165, 1.54) is 0 Å². The van der Waals surface area contributed by atoms with E-state index >= 15 is 0 Å². The van der Waals surface area contributed by atoms with Gasteiger partial charge in [0.05, 0.1) is 0 Å². The van der Waals surface area contributed by atoms with Gasteiger partial charge in [-0.15, -0.1) is 0 Å². The van der Waals surface area contributed by atoms with Gasteiger partial charge in [0.25, 0.3) is 0 Å². The molecule has 0 spiro atoms. The number of hydrogen-bond acceptors (Lipinski definition) is 4. The summed E-state index contributed by atoms with van der Waals surface area (Å²) in [6, 6.07) is 0. The first kappa shape index (κ1) is 10.6. The average molecular weight is 159 g/mol. The van der Waals surface area contributed by atoms with Gasteiger partial charge >= 0.3 is 0 Å². The molecule has 0 aliphatic heterocycles. The second kappa shape index (κ2) is 4.43. The van der Waals surface area contributed by atoms with Crippen LogP contribution in [0.25, 0.3) is 0 Å². The van der Waals surface area contributed by atoms with Crippen molar-refractivity contribution in [3.05, 3.63) is 0 Å². The molecule has 0 unspecified atom stereocenters. The highest BCUT2D eigenvalue weighted by Crippen LogP contribution is 1.97. The van der Waals surface area contributed by atoms with Crippen molar-refractivity contribution in [3.8, 4) is 0 Å². The Kier molecular flexibility index (Phi) is 4.25. The van der Waals surface area contributed by atoms with Crippen molar-refractivity contribution >= 4 is 5.78 Å². The van der Waals surface area contributed by atoms with Crippen LogP contribution >= 0.6 is 0 Å². The zero-order chi connectivity index (χ0) is 8.91. The van der Waals surface area contributed by atoms with E-state index in [-0.39, 0.29) is 5.78 Å². The Bertz CT molecular complexity index is 132. The van der Waals surface area contributed by atoms with Crippen LogP contribution in [0.15, 0.2) is 0 Å². The van der Waals surface area contributed by atoms with Crippen LogP contribution < -0.4 is 16.0 Å².